The van der Waals surface area contributed by atoms with E-state index < -0.39 is 5.82 Å². The molecule has 5 heterocycles. The molecular formula is C24H23FN6O. The molecule has 5 rings (SSSR count). The molecule has 1 atom stereocenters. The average Bonchev–Trinajstić information content (AvgIpc) is 3.42. The lowest BCUT2D eigenvalue weighted by Crippen LogP contribution is -2.40. The van der Waals surface area contributed by atoms with Gasteiger partial charge in [0.2, 0.25) is 0 Å². The quantitative estimate of drug-likeness (QED) is 0.633. The van der Waals surface area contributed by atoms with E-state index in [1.54, 1.807) is 17.2 Å². The number of rotatable bonds is 2. The molecule has 8 heteroatoms. The number of fused-ring (bicyclic) bond motifs is 2. The van der Waals surface area contributed by atoms with Crippen LogP contribution in [0.4, 0.5) is 14.9 Å². The largest absolute Gasteiger partial charge is 0.330 e. The third-order valence-corrected chi connectivity index (χ3v) is 5.91. The van der Waals surface area contributed by atoms with E-state index in [0.29, 0.717) is 18.7 Å². The molecule has 0 spiro atoms. The van der Waals surface area contributed by atoms with E-state index >= 15 is 0 Å². The molecule has 0 fully saturated rings. The number of nitrogens with zero attached hydrogens (tertiary/aromatic N) is 5. The number of carbonyl (C=O) groups is 1. The number of urea groups is 1. The van der Waals surface area contributed by atoms with Crippen LogP contribution in [0.5, 0.6) is 0 Å². The lowest BCUT2D eigenvalue weighted by molar-refractivity contribution is 0.243. The molecule has 32 heavy (non-hydrogen) atoms. The normalized spacial score (nSPS) is 15.4. The molecule has 7 nitrogen and oxygen atoms in total. The Kier molecular flexibility index (Phi) is 5.31. The number of pyridine rings is 2. The first-order valence-electron chi connectivity index (χ1n) is 10.8. The van der Waals surface area contributed by atoms with Gasteiger partial charge in [-0.05, 0) is 44.4 Å². The van der Waals surface area contributed by atoms with Crippen LogP contribution in [-0.2, 0) is 19.4 Å². The Morgan fingerprint density at radius 1 is 1.12 bits per heavy atom. The first-order valence-corrected chi connectivity index (χ1v) is 10.8. The second-order valence-electron chi connectivity index (χ2n) is 8.10. The van der Waals surface area contributed by atoms with E-state index in [-0.39, 0.29) is 12.1 Å². The molecule has 2 aliphatic rings. The van der Waals surface area contributed by atoms with Gasteiger partial charge >= 0.3 is 6.03 Å². The van der Waals surface area contributed by atoms with Gasteiger partial charge in [0, 0.05) is 31.3 Å². The second-order valence-corrected chi connectivity index (χ2v) is 8.10. The summed E-state index contributed by atoms with van der Waals surface area (Å²) >= 11 is 0. The molecule has 0 aliphatic carbocycles. The van der Waals surface area contributed by atoms with Gasteiger partial charge in [-0.15, -0.1) is 0 Å². The van der Waals surface area contributed by atoms with Crippen molar-refractivity contribution in [2.75, 3.05) is 11.4 Å². The van der Waals surface area contributed by atoms with E-state index in [4.69, 9.17) is 0 Å². The van der Waals surface area contributed by atoms with Gasteiger partial charge in [0.25, 0.3) is 0 Å². The molecule has 0 saturated carbocycles. The Hall–Kier alpha value is -3.73. The Labute approximate surface area is 185 Å². The molecule has 0 unspecified atom stereocenters. The number of anilines is 1. The molecule has 1 N–H and O–H groups in total. The molecule has 3 aromatic heterocycles. The van der Waals surface area contributed by atoms with E-state index in [9.17, 15) is 9.18 Å². The van der Waals surface area contributed by atoms with Crippen LogP contribution in [0.25, 0.3) is 0 Å². The number of amides is 2. The van der Waals surface area contributed by atoms with E-state index in [2.05, 4.69) is 32.2 Å². The summed E-state index contributed by atoms with van der Waals surface area (Å²) in [5.41, 5.74) is 5.16. The van der Waals surface area contributed by atoms with Crippen molar-refractivity contribution in [3.05, 3.63) is 70.8 Å². The monoisotopic (exact) mass is 430 g/mol. The summed E-state index contributed by atoms with van der Waals surface area (Å²) in [5.74, 6) is 6.01. The Bertz CT molecular complexity index is 1220. The van der Waals surface area contributed by atoms with Gasteiger partial charge in [0.1, 0.15) is 5.82 Å². The maximum Gasteiger partial charge on any atom is 0.322 e. The van der Waals surface area contributed by atoms with Gasteiger partial charge in [0.15, 0.2) is 0 Å². The minimum Gasteiger partial charge on any atom is -0.330 e. The lowest BCUT2D eigenvalue weighted by atomic mass is 10.1. The van der Waals surface area contributed by atoms with Crippen LogP contribution < -0.4 is 10.2 Å². The molecule has 0 bridgehead atoms. The maximum absolute atomic E-state index is 13.1. The predicted molar refractivity (Wildman–Crippen MR) is 118 cm³/mol. The van der Waals surface area contributed by atoms with Crippen molar-refractivity contribution >= 4 is 11.7 Å². The molecule has 0 aromatic carbocycles. The number of aromatic nitrogens is 4. The van der Waals surface area contributed by atoms with Crippen LogP contribution in [0.3, 0.4) is 0 Å². The fourth-order valence-electron chi connectivity index (χ4n) is 4.17. The minimum atomic E-state index is -0.405. The molecule has 0 radical (unpaired) electrons. The Morgan fingerprint density at radius 3 is 2.88 bits per heavy atom. The van der Waals surface area contributed by atoms with E-state index in [1.807, 2.05) is 23.9 Å². The van der Waals surface area contributed by atoms with E-state index in [1.165, 1.54) is 11.8 Å². The topological polar surface area (TPSA) is 75.9 Å². The van der Waals surface area contributed by atoms with E-state index in [0.717, 1.165) is 54.5 Å². The third-order valence-electron chi connectivity index (χ3n) is 5.91. The number of hydrogen-bond acceptors (Lipinski definition) is 4. The van der Waals surface area contributed by atoms with Crippen LogP contribution in [0.15, 0.2) is 36.8 Å². The minimum absolute atomic E-state index is 0.236. The zero-order chi connectivity index (χ0) is 22.1. The summed E-state index contributed by atoms with van der Waals surface area (Å²) < 4.78 is 15.2. The van der Waals surface area contributed by atoms with Gasteiger partial charge < -0.3 is 5.32 Å². The first kappa shape index (κ1) is 20.2. The average molecular weight is 430 g/mol. The van der Waals surface area contributed by atoms with Crippen LogP contribution in [0.1, 0.15) is 54.0 Å². The molecular weight excluding hydrogens is 407 g/mol. The smallest absolute Gasteiger partial charge is 0.322 e. The summed E-state index contributed by atoms with van der Waals surface area (Å²) in [6, 6.07) is 4.24. The zero-order valence-corrected chi connectivity index (χ0v) is 17.8. The fourth-order valence-corrected chi connectivity index (χ4v) is 4.17. The highest BCUT2D eigenvalue weighted by Gasteiger charge is 2.27. The van der Waals surface area contributed by atoms with Crippen molar-refractivity contribution in [1.82, 2.24) is 25.1 Å². The van der Waals surface area contributed by atoms with Crippen molar-refractivity contribution in [3.8, 4) is 11.8 Å². The number of halogens is 1. The van der Waals surface area contributed by atoms with Crippen LogP contribution in [0, 0.1) is 17.7 Å². The number of nitrogens with one attached hydrogen (secondary N) is 1. The van der Waals surface area contributed by atoms with Crippen LogP contribution in [-0.4, -0.2) is 32.3 Å². The number of hydrogen-bond donors (Lipinski definition) is 1. The fraction of sp³-hybridized carbons (Fsp3) is 0.333. The summed E-state index contributed by atoms with van der Waals surface area (Å²) in [6.45, 7) is 3.32. The van der Waals surface area contributed by atoms with Gasteiger partial charge in [0.05, 0.1) is 46.8 Å². The Balaban J connectivity index is 1.33. The number of carbonyl (C=O) groups excluding carboxylic acids is 1. The summed E-state index contributed by atoms with van der Waals surface area (Å²) in [5, 5.41) is 7.36. The highest BCUT2D eigenvalue weighted by atomic mass is 19.1. The second kappa shape index (κ2) is 8.42. The highest BCUT2D eigenvalue weighted by Crippen LogP contribution is 2.27. The number of aryl methyl sites for hydroxylation is 1. The predicted octanol–water partition coefficient (Wildman–Crippen LogP) is 3.38. The Morgan fingerprint density at radius 2 is 2.03 bits per heavy atom. The molecule has 2 amide bonds. The van der Waals surface area contributed by atoms with Crippen LogP contribution >= 0.6 is 0 Å². The van der Waals surface area contributed by atoms with Gasteiger partial charge in [-0.3, -0.25) is 19.5 Å². The summed E-state index contributed by atoms with van der Waals surface area (Å²) in [6.07, 6.45) is 8.75. The molecule has 162 valence electrons. The SMILES string of the molecule is C[C@H](NC(=O)N1CCc2ncc(C#Cc3cnn4c3CCCC4)cc21)c1ccc(F)cn1. The third kappa shape index (κ3) is 3.94. The van der Waals surface area contributed by atoms with Crippen molar-refractivity contribution in [2.45, 2.75) is 45.2 Å². The van der Waals surface area contributed by atoms with Crippen molar-refractivity contribution in [1.29, 1.82) is 0 Å². The lowest BCUT2D eigenvalue weighted by Gasteiger charge is -2.21. The molecule has 0 saturated heterocycles. The zero-order valence-electron chi connectivity index (χ0n) is 17.8. The highest BCUT2D eigenvalue weighted by molar-refractivity contribution is 5.94. The van der Waals surface area contributed by atoms with Gasteiger partial charge in [-0.25, -0.2) is 9.18 Å². The maximum atomic E-state index is 13.1. The van der Waals surface area contributed by atoms with Gasteiger partial charge in [-0.2, -0.15) is 5.10 Å². The first-order chi connectivity index (χ1) is 15.6. The van der Waals surface area contributed by atoms with Gasteiger partial charge in [-0.1, -0.05) is 11.8 Å². The molecule has 2 aliphatic heterocycles. The van der Waals surface area contributed by atoms with Crippen molar-refractivity contribution in [2.24, 2.45) is 0 Å². The molecule has 3 aromatic rings. The van der Waals surface area contributed by atoms with Crippen molar-refractivity contribution < 1.29 is 9.18 Å². The van der Waals surface area contributed by atoms with Crippen molar-refractivity contribution in [3.63, 3.8) is 0 Å². The summed E-state index contributed by atoms with van der Waals surface area (Å²) in [7, 11) is 0. The summed E-state index contributed by atoms with van der Waals surface area (Å²) in [4.78, 5) is 23.2. The standard InChI is InChI=1S/C24H23FN6O/c1-16(20-8-7-19(25)15-27-20)29-24(32)30-11-9-21-23(30)12-17(13-26-21)5-6-18-14-28-31-10-3-2-4-22(18)31/h7-8,12-16H,2-4,9-11H2,1H3,(H,29,32)/t16-/m0/s1. The van der Waals surface area contributed by atoms with Crippen LogP contribution in [0.2, 0.25) is 0 Å².